The van der Waals surface area contributed by atoms with Crippen LogP contribution in [0.25, 0.3) is 16.9 Å². The predicted octanol–water partition coefficient (Wildman–Crippen LogP) is 5.29. The van der Waals surface area contributed by atoms with Gasteiger partial charge in [-0.25, -0.2) is 14.3 Å². The largest absolute Gasteiger partial charge is 0.457 e. The predicted molar refractivity (Wildman–Crippen MR) is 127 cm³/mol. The summed E-state index contributed by atoms with van der Waals surface area (Å²) in [5.74, 6) is 1.46. The highest BCUT2D eigenvalue weighted by atomic mass is 16.6. The van der Waals surface area contributed by atoms with Crippen LogP contribution in [0.2, 0.25) is 0 Å². The van der Waals surface area contributed by atoms with E-state index < -0.39 is 5.60 Å². The smallest absolute Gasteiger partial charge is 0.410 e. The summed E-state index contributed by atoms with van der Waals surface area (Å²) in [4.78, 5) is 19.0. The molecule has 8 nitrogen and oxygen atoms in total. The van der Waals surface area contributed by atoms with E-state index >= 15 is 0 Å². The van der Waals surface area contributed by atoms with E-state index in [1.807, 2.05) is 79.9 Å². The van der Waals surface area contributed by atoms with Gasteiger partial charge in [-0.05, 0) is 57.2 Å². The molecule has 0 spiro atoms. The first-order valence-corrected chi connectivity index (χ1v) is 11.2. The first-order valence-electron chi connectivity index (χ1n) is 11.2. The van der Waals surface area contributed by atoms with Crippen LogP contribution in [0.15, 0.2) is 54.6 Å². The second-order valence-corrected chi connectivity index (χ2v) is 9.23. The number of rotatable bonds is 3. The number of hydrogen-bond donors (Lipinski definition) is 1. The Morgan fingerprint density at radius 3 is 2.47 bits per heavy atom. The molecule has 0 radical (unpaired) electrons. The number of nitriles is 1. The van der Waals surface area contributed by atoms with Crippen molar-refractivity contribution >= 4 is 11.7 Å². The number of aromatic nitrogens is 3. The molecule has 0 unspecified atom stereocenters. The van der Waals surface area contributed by atoms with Gasteiger partial charge in [0.2, 0.25) is 0 Å². The number of hydrogen-bond acceptors (Lipinski definition) is 5. The van der Waals surface area contributed by atoms with E-state index in [0.717, 1.165) is 22.7 Å². The minimum Gasteiger partial charge on any atom is -0.457 e. The molecule has 8 heteroatoms. The minimum atomic E-state index is -0.561. The van der Waals surface area contributed by atoms with Gasteiger partial charge >= 0.3 is 6.09 Å². The number of nitrogens with zero attached hydrogens (tertiary/aromatic N) is 4. The van der Waals surface area contributed by atoms with Crippen molar-refractivity contribution in [1.29, 1.82) is 5.26 Å². The van der Waals surface area contributed by atoms with Crippen molar-refractivity contribution < 1.29 is 14.3 Å². The molecule has 0 bridgehead atoms. The molecule has 5 rings (SSSR count). The van der Waals surface area contributed by atoms with Gasteiger partial charge in [0.1, 0.15) is 28.7 Å². The molecule has 0 aliphatic carbocycles. The van der Waals surface area contributed by atoms with Gasteiger partial charge in [-0.1, -0.05) is 18.2 Å². The minimum absolute atomic E-state index is 0.352. The molecule has 172 valence electrons. The summed E-state index contributed by atoms with van der Waals surface area (Å²) >= 11 is 0. The van der Waals surface area contributed by atoms with E-state index in [2.05, 4.69) is 11.2 Å². The molecule has 1 aliphatic heterocycles. The third kappa shape index (κ3) is 4.08. The van der Waals surface area contributed by atoms with Crippen LogP contribution in [0.3, 0.4) is 0 Å². The first-order chi connectivity index (χ1) is 16.3. The number of aromatic amines is 1. The van der Waals surface area contributed by atoms with Gasteiger partial charge in [0, 0.05) is 18.5 Å². The number of benzene rings is 2. The lowest BCUT2D eigenvalue weighted by Gasteiger charge is -2.29. The van der Waals surface area contributed by atoms with Gasteiger partial charge in [0.25, 0.3) is 0 Å². The van der Waals surface area contributed by atoms with E-state index in [-0.39, 0.29) is 6.09 Å². The van der Waals surface area contributed by atoms with Crippen molar-refractivity contribution in [1.82, 2.24) is 19.5 Å². The normalized spacial score (nSPS) is 13.4. The Labute approximate surface area is 197 Å². The van der Waals surface area contributed by atoms with Crippen LogP contribution < -0.4 is 4.74 Å². The maximum Gasteiger partial charge on any atom is 0.410 e. The fraction of sp³-hybridized carbons (Fsp3) is 0.269. The lowest BCUT2D eigenvalue weighted by molar-refractivity contribution is 0.0219. The summed E-state index contributed by atoms with van der Waals surface area (Å²) in [5.41, 5.74) is 3.74. The van der Waals surface area contributed by atoms with Gasteiger partial charge in [-0.3, -0.25) is 5.10 Å². The van der Waals surface area contributed by atoms with E-state index in [4.69, 9.17) is 14.5 Å². The Bertz CT molecular complexity index is 1390. The van der Waals surface area contributed by atoms with Gasteiger partial charge in [0.05, 0.1) is 23.6 Å². The maximum absolute atomic E-state index is 12.6. The number of carbonyl (C=O) groups is 1. The van der Waals surface area contributed by atoms with Crippen LogP contribution in [0.1, 0.15) is 37.7 Å². The maximum atomic E-state index is 12.6. The molecule has 4 aromatic rings. The second-order valence-electron chi connectivity index (χ2n) is 9.23. The van der Waals surface area contributed by atoms with E-state index in [1.54, 1.807) is 4.90 Å². The summed E-state index contributed by atoms with van der Waals surface area (Å²) in [7, 11) is 0. The molecular weight excluding hydrogens is 430 g/mol. The van der Waals surface area contributed by atoms with Crippen molar-refractivity contribution in [3.63, 3.8) is 0 Å². The van der Waals surface area contributed by atoms with Crippen LogP contribution in [-0.2, 0) is 17.7 Å². The first kappa shape index (κ1) is 21.6. The van der Waals surface area contributed by atoms with Crippen LogP contribution >= 0.6 is 0 Å². The van der Waals surface area contributed by atoms with Gasteiger partial charge in [0.15, 0.2) is 5.65 Å². The molecule has 2 aromatic heterocycles. The molecular formula is C26H25N5O3. The van der Waals surface area contributed by atoms with Crippen LogP contribution in [0.5, 0.6) is 11.5 Å². The fourth-order valence-electron chi connectivity index (χ4n) is 4.04. The topological polar surface area (TPSA) is 95.7 Å². The average molecular weight is 456 g/mol. The summed E-state index contributed by atoms with van der Waals surface area (Å²) < 4.78 is 13.2. The number of imidazole rings is 1. The standard InChI is InChI=1S/C26H25N5O3/c1-26(2,3)34-25(32)30-14-13-21-22(16-30)31-24(28-21)20(15-27)23(29-31)17-9-11-19(12-10-17)33-18-7-5-4-6-8-18/h4-12,29H,13-14,16H2,1-3H3. The van der Waals surface area contributed by atoms with Gasteiger partial charge in [-0.2, -0.15) is 5.26 Å². The number of amides is 1. The van der Waals surface area contributed by atoms with Crippen molar-refractivity contribution in [3.8, 4) is 28.8 Å². The van der Waals surface area contributed by atoms with E-state index in [0.29, 0.717) is 42.2 Å². The van der Waals surface area contributed by atoms with Crippen molar-refractivity contribution in [2.24, 2.45) is 0 Å². The number of nitrogens with one attached hydrogen (secondary N) is 1. The van der Waals surface area contributed by atoms with Gasteiger partial charge < -0.3 is 14.4 Å². The van der Waals surface area contributed by atoms with Crippen molar-refractivity contribution in [2.75, 3.05) is 6.54 Å². The average Bonchev–Trinajstić information content (AvgIpc) is 3.34. The van der Waals surface area contributed by atoms with Crippen molar-refractivity contribution in [3.05, 3.63) is 71.5 Å². The second kappa shape index (κ2) is 8.27. The molecule has 1 N–H and O–H groups in total. The number of ether oxygens (including phenoxy) is 2. The number of carbonyl (C=O) groups excluding carboxylic acids is 1. The zero-order valence-electron chi connectivity index (χ0n) is 19.3. The lowest BCUT2D eigenvalue weighted by Crippen LogP contribution is -2.40. The number of fused-ring (bicyclic) bond motifs is 3. The summed E-state index contributed by atoms with van der Waals surface area (Å²) in [6, 6.07) is 19.4. The monoisotopic (exact) mass is 455 g/mol. The van der Waals surface area contributed by atoms with Gasteiger partial charge in [-0.15, -0.1) is 0 Å². The summed E-state index contributed by atoms with van der Waals surface area (Å²) in [6.07, 6.45) is 0.255. The number of para-hydroxylation sites is 1. The zero-order valence-corrected chi connectivity index (χ0v) is 19.3. The molecule has 2 aromatic carbocycles. The Morgan fingerprint density at radius 1 is 1.09 bits per heavy atom. The molecule has 0 atom stereocenters. The van der Waals surface area contributed by atoms with E-state index in [1.165, 1.54) is 0 Å². The highest BCUT2D eigenvalue weighted by Crippen LogP contribution is 2.31. The van der Waals surface area contributed by atoms with Crippen LogP contribution in [-0.4, -0.2) is 37.7 Å². The van der Waals surface area contributed by atoms with Crippen molar-refractivity contribution in [2.45, 2.75) is 39.3 Å². The molecule has 0 saturated carbocycles. The highest BCUT2D eigenvalue weighted by Gasteiger charge is 2.30. The number of H-pyrrole nitrogens is 1. The molecule has 34 heavy (non-hydrogen) atoms. The van der Waals surface area contributed by atoms with Crippen LogP contribution in [0, 0.1) is 11.3 Å². The quantitative estimate of drug-likeness (QED) is 0.453. The molecule has 1 amide bonds. The Balaban J connectivity index is 1.44. The molecule has 0 fully saturated rings. The highest BCUT2D eigenvalue weighted by molar-refractivity contribution is 5.76. The third-order valence-corrected chi connectivity index (χ3v) is 5.60. The molecule has 3 heterocycles. The SMILES string of the molecule is CC(C)(C)OC(=O)N1CCc2nc3c(C#N)c(-c4ccc(Oc5ccccc5)cc4)[nH]n3c2C1. The fourth-order valence-corrected chi connectivity index (χ4v) is 4.04. The Morgan fingerprint density at radius 2 is 1.79 bits per heavy atom. The summed E-state index contributed by atoms with van der Waals surface area (Å²) in [5, 5.41) is 13.2. The Kier molecular flexibility index (Phi) is 5.25. The lowest BCUT2D eigenvalue weighted by atomic mass is 10.1. The van der Waals surface area contributed by atoms with Crippen LogP contribution in [0.4, 0.5) is 4.79 Å². The molecule has 0 saturated heterocycles. The van der Waals surface area contributed by atoms with E-state index in [9.17, 15) is 10.1 Å². The third-order valence-electron chi connectivity index (χ3n) is 5.60. The summed E-state index contributed by atoms with van der Waals surface area (Å²) in [6.45, 7) is 6.44. The Hall–Kier alpha value is -4.25. The zero-order chi connectivity index (χ0) is 23.9. The molecule has 1 aliphatic rings.